The monoisotopic (exact) mass is 126 g/mol. The van der Waals surface area contributed by atoms with Crippen LogP contribution >= 0.6 is 0 Å². The van der Waals surface area contributed by atoms with E-state index in [0.29, 0.717) is 5.41 Å². The van der Waals surface area contributed by atoms with Crippen molar-refractivity contribution in [1.82, 2.24) is 0 Å². The van der Waals surface area contributed by atoms with Gasteiger partial charge in [0.25, 0.3) is 0 Å². The van der Waals surface area contributed by atoms with Crippen LogP contribution in [-0.4, -0.2) is 0 Å². The third kappa shape index (κ3) is 18.5. The quantitative estimate of drug-likeness (QED) is 0.436. The average Bonchev–Trinajstić information content (AvgIpc) is 1.69. The molecule has 0 amide bonds. The minimum atomic E-state index is 0.370. The predicted molar refractivity (Wildman–Crippen MR) is 45.5 cm³/mol. The average molecular weight is 126 g/mol. The Hall–Kier alpha value is -0.520. The highest BCUT2D eigenvalue weighted by atomic mass is 14.1. The molecule has 0 nitrogen and oxygen atoms in total. The topological polar surface area (TPSA) is 0 Å². The first-order valence-corrected chi connectivity index (χ1v) is 3.20. The summed E-state index contributed by atoms with van der Waals surface area (Å²) in [5.41, 5.74) is 0.370. The lowest BCUT2D eigenvalue weighted by Gasteiger charge is -2.09. The lowest BCUT2D eigenvalue weighted by molar-refractivity contribution is 0.543. The fourth-order valence-electron chi connectivity index (χ4n) is 0.500. The molecule has 0 bridgehead atoms. The van der Waals surface area contributed by atoms with Crippen LogP contribution in [0.25, 0.3) is 0 Å². The van der Waals surface area contributed by atoms with E-state index in [1.54, 1.807) is 0 Å². The molecule has 0 saturated carbocycles. The van der Waals surface area contributed by atoms with Gasteiger partial charge in [-0.2, -0.15) is 0 Å². The molecule has 0 heterocycles. The molecule has 0 rings (SSSR count). The summed E-state index contributed by atoms with van der Waals surface area (Å²) in [5.74, 6) is 0. The van der Waals surface area contributed by atoms with Crippen molar-refractivity contribution in [1.29, 1.82) is 0 Å². The van der Waals surface area contributed by atoms with Crippen molar-refractivity contribution in [2.24, 2.45) is 5.41 Å². The fourth-order valence-corrected chi connectivity index (χ4v) is 0.500. The highest BCUT2D eigenvalue weighted by molar-refractivity contribution is 4.88. The van der Waals surface area contributed by atoms with Crippen molar-refractivity contribution < 1.29 is 0 Å². The van der Waals surface area contributed by atoms with Crippen LogP contribution in [0.2, 0.25) is 0 Å². The second kappa shape index (κ2) is 5.61. The minimum absolute atomic E-state index is 0.370. The van der Waals surface area contributed by atoms with Gasteiger partial charge in [0.1, 0.15) is 0 Å². The Morgan fingerprint density at radius 1 is 1.11 bits per heavy atom. The Morgan fingerprint density at radius 2 is 1.44 bits per heavy atom. The Morgan fingerprint density at radius 3 is 1.44 bits per heavy atom. The molecule has 0 radical (unpaired) electrons. The summed E-state index contributed by atoms with van der Waals surface area (Å²) in [5, 5.41) is 0. The molecule has 0 aliphatic carbocycles. The largest absolute Gasteiger partial charge is 0.106 e. The summed E-state index contributed by atoms with van der Waals surface area (Å²) in [6.45, 7) is 14.6. The van der Waals surface area contributed by atoms with E-state index in [0.717, 1.165) is 0 Å². The molecule has 0 N–H and O–H groups in total. The van der Waals surface area contributed by atoms with E-state index in [1.165, 1.54) is 0 Å². The van der Waals surface area contributed by atoms with Gasteiger partial charge in [0.05, 0.1) is 0 Å². The van der Waals surface area contributed by atoms with Crippen LogP contribution in [0.5, 0.6) is 0 Å². The lowest BCUT2D eigenvalue weighted by Crippen LogP contribution is -1.97. The molecule has 54 valence electrons. The molecule has 0 saturated heterocycles. The number of allylic oxidation sites excluding steroid dienone is 2. The van der Waals surface area contributed by atoms with Crippen LogP contribution in [0.15, 0.2) is 25.3 Å². The first-order valence-electron chi connectivity index (χ1n) is 3.20. The van der Waals surface area contributed by atoms with Crippen molar-refractivity contribution in [2.45, 2.75) is 27.7 Å². The second-order valence-corrected chi connectivity index (χ2v) is 2.87. The van der Waals surface area contributed by atoms with E-state index < -0.39 is 0 Å². The van der Waals surface area contributed by atoms with Gasteiger partial charge in [0, 0.05) is 0 Å². The van der Waals surface area contributed by atoms with Gasteiger partial charge in [-0.15, -0.1) is 13.2 Å². The molecular formula is C9H18. The lowest BCUT2D eigenvalue weighted by atomic mass is 9.97. The van der Waals surface area contributed by atoms with Crippen molar-refractivity contribution in [3.05, 3.63) is 25.3 Å². The van der Waals surface area contributed by atoms with E-state index in [-0.39, 0.29) is 0 Å². The Kier molecular flexibility index (Phi) is 7.05. The summed E-state index contributed by atoms with van der Waals surface area (Å²) >= 11 is 0. The van der Waals surface area contributed by atoms with Crippen LogP contribution in [0.1, 0.15) is 27.7 Å². The standard InChI is InChI=1S/C7H14.C2H4/c1-5-6-7(2,3)4;1-2/h5-6H,1-4H3;1-2H2/b6-5-;. The highest BCUT2D eigenvalue weighted by Gasteiger charge is 2.00. The summed E-state index contributed by atoms with van der Waals surface area (Å²) in [4.78, 5) is 0. The second-order valence-electron chi connectivity index (χ2n) is 2.87. The van der Waals surface area contributed by atoms with E-state index in [1.807, 2.05) is 6.92 Å². The number of rotatable bonds is 0. The van der Waals surface area contributed by atoms with Crippen LogP contribution in [0.3, 0.4) is 0 Å². The zero-order chi connectivity index (χ0) is 7.91. The first kappa shape index (κ1) is 11.3. The minimum Gasteiger partial charge on any atom is -0.106 e. The SMILES string of the molecule is C/C=C\C(C)(C)C.C=C. The van der Waals surface area contributed by atoms with E-state index in [9.17, 15) is 0 Å². The normalized spacial score (nSPS) is 10.7. The van der Waals surface area contributed by atoms with Crippen molar-refractivity contribution in [3.8, 4) is 0 Å². The van der Waals surface area contributed by atoms with Crippen LogP contribution in [0.4, 0.5) is 0 Å². The molecule has 0 aliphatic heterocycles. The molecule has 0 aromatic heterocycles. The molecule has 0 atom stereocenters. The fraction of sp³-hybridized carbons (Fsp3) is 0.556. The molecule has 0 heteroatoms. The van der Waals surface area contributed by atoms with E-state index >= 15 is 0 Å². The van der Waals surface area contributed by atoms with Crippen LogP contribution in [0, 0.1) is 5.41 Å². The van der Waals surface area contributed by atoms with Crippen LogP contribution < -0.4 is 0 Å². The molecule has 0 fully saturated rings. The summed E-state index contributed by atoms with van der Waals surface area (Å²) in [6, 6.07) is 0. The van der Waals surface area contributed by atoms with E-state index in [4.69, 9.17) is 0 Å². The molecular weight excluding hydrogens is 108 g/mol. The van der Waals surface area contributed by atoms with Gasteiger partial charge in [-0.25, -0.2) is 0 Å². The third-order valence-corrected chi connectivity index (χ3v) is 0.667. The Bertz CT molecular complexity index is 72.5. The predicted octanol–water partition coefficient (Wildman–Crippen LogP) is 3.41. The maximum Gasteiger partial charge on any atom is -0.0203 e. The number of hydrogen-bond donors (Lipinski definition) is 0. The molecule has 0 aliphatic rings. The number of hydrogen-bond acceptors (Lipinski definition) is 0. The Balaban J connectivity index is 0. The highest BCUT2D eigenvalue weighted by Crippen LogP contribution is 2.13. The summed E-state index contributed by atoms with van der Waals surface area (Å²) < 4.78 is 0. The van der Waals surface area contributed by atoms with Gasteiger partial charge < -0.3 is 0 Å². The maximum absolute atomic E-state index is 3.00. The van der Waals surface area contributed by atoms with Crippen molar-refractivity contribution in [3.63, 3.8) is 0 Å². The van der Waals surface area contributed by atoms with Gasteiger partial charge in [-0.05, 0) is 12.3 Å². The molecule has 0 aromatic rings. The van der Waals surface area contributed by atoms with Gasteiger partial charge >= 0.3 is 0 Å². The molecule has 0 unspecified atom stereocenters. The first-order chi connectivity index (χ1) is 4.06. The van der Waals surface area contributed by atoms with Crippen molar-refractivity contribution in [2.75, 3.05) is 0 Å². The van der Waals surface area contributed by atoms with Crippen molar-refractivity contribution >= 4 is 0 Å². The zero-order valence-corrected chi connectivity index (χ0v) is 7.07. The smallest absolute Gasteiger partial charge is 0.0203 e. The zero-order valence-electron chi connectivity index (χ0n) is 7.07. The third-order valence-electron chi connectivity index (χ3n) is 0.667. The molecule has 9 heavy (non-hydrogen) atoms. The van der Waals surface area contributed by atoms with Crippen LogP contribution in [-0.2, 0) is 0 Å². The maximum atomic E-state index is 3.00. The molecule has 0 aromatic carbocycles. The van der Waals surface area contributed by atoms with Gasteiger partial charge in [0.2, 0.25) is 0 Å². The summed E-state index contributed by atoms with van der Waals surface area (Å²) in [6.07, 6.45) is 4.27. The van der Waals surface area contributed by atoms with Gasteiger partial charge in [-0.3, -0.25) is 0 Å². The molecule has 0 spiro atoms. The van der Waals surface area contributed by atoms with Gasteiger partial charge in [-0.1, -0.05) is 32.9 Å². The van der Waals surface area contributed by atoms with Gasteiger partial charge in [0.15, 0.2) is 0 Å². The van der Waals surface area contributed by atoms with E-state index in [2.05, 4.69) is 46.1 Å². The summed E-state index contributed by atoms with van der Waals surface area (Å²) in [7, 11) is 0. The Labute approximate surface area is 59.3 Å².